The maximum atomic E-state index is 13.2. The van der Waals surface area contributed by atoms with Crippen molar-refractivity contribution in [3.8, 4) is 5.75 Å². The monoisotopic (exact) mass is 359 g/mol. The van der Waals surface area contributed by atoms with E-state index in [4.69, 9.17) is 4.74 Å². The average Bonchev–Trinajstić information content (AvgIpc) is 2.51. The van der Waals surface area contributed by atoms with Crippen LogP contribution in [0.2, 0.25) is 0 Å². The number of benzene rings is 2. The number of carbonyl (C=O) groups is 1. The lowest BCUT2D eigenvalue weighted by Crippen LogP contribution is -2.15. The van der Waals surface area contributed by atoms with Gasteiger partial charge in [-0.05, 0) is 36.8 Å². The summed E-state index contributed by atoms with van der Waals surface area (Å²) in [4.78, 5) is 12.1. The second kappa shape index (κ2) is 7.50. The lowest BCUT2D eigenvalue weighted by molar-refractivity contribution is -0.137. The summed E-state index contributed by atoms with van der Waals surface area (Å²) in [6.45, 7) is 2.03. The van der Waals surface area contributed by atoms with Gasteiger partial charge in [0.15, 0.2) is 0 Å². The van der Waals surface area contributed by atoms with Crippen molar-refractivity contribution in [2.24, 2.45) is 0 Å². The second-order valence-electron chi connectivity index (χ2n) is 5.17. The number of halogens is 5. The van der Waals surface area contributed by atoms with E-state index in [-0.39, 0.29) is 23.6 Å². The molecular weight excluding hydrogens is 345 g/mol. The highest BCUT2D eigenvalue weighted by Crippen LogP contribution is 2.35. The van der Waals surface area contributed by atoms with Crippen LogP contribution in [0.1, 0.15) is 29.3 Å². The highest BCUT2D eigenvalue weighted by atomic mass is 19.4. The SMILES string of the molecule is CCCOc1ccc(C(F)(F)F)cc1NC(=O)c1cc(F)cc(F)c1. The van der Waals surface area contributed by atoms with Gasteiger partial charge in [-0.3, -0.25) is 4.79 Å². The molecule has 2 rings (SSSR count). The molecule has 2 aromatic rings. The molecule has 0 fully saturated rings. The van der Waals surface area contributed by atoms with Crippen LogP contribution in [0.4, 0.5) is 27.6 Å². The lowest BCUT2D eigenvalue weighted by Gasteiger charge is -2.15. The Labute approximate surface area is 140 Å². The minimum Gasteiger partial charge on any atom is -0.491 e. The fourth-order valence-corrected chi connectivity index (χ4v) is 2.02. The molecule has 0 aromatic heterocycles. The number of nitrogens with one attached hydrogen (secondary N) is 1. The third-order valence-electron chi connectivity index (χ3n) is 3.14. The summed E-state index contributed by atoms with van der Waals surface area (Å²) in [5.74, 6) is -2.88. The molecule has 8 heteroatoms. The van der Waals surface area contributed by atoms with Gasteiger partial charge in [-0.2, -0.15) is 13.2 Å². The van der Waals surface area contributed by atoms with E-state index in [0.29, 0.717) is 18.6 Å². The first-order chi connectivity index (χ1) is 11.7. The van der Waals surface area contributed by atoms with E-state index >= 15 is 0 Å². The summed E-state index contributed by atoms with van der Waals surface area (Å²) in [7, 11) is 0. The molecule has 0 saturated heterocycles. The standard InChI is InChI=1S/C17H14F5NO2/c1-2-5-25-15-4-3-11(17(20,21)22)8-14(15)23-16(24)10-6-12(18)9-13(19)7-10/h3-4,6-9H,2,5H2,1H3,(H,23,24). The minimum absolute atomic E-state index is 0.0278. The van der Waals surface area contributed by atoms with Crippen molar-refractivity contribution in [3.05, 3.63) is 59.2 Å². The van der Waals surface area contributed by atoms with E-state index in [1.54, 1.807) is 6.92 Å². The number of hydrogen-bond donors (Lipinski definition) is 1. The molecule has 0 aliphatic carbocycles. The number of anilines is 1. The number of hydrogen-bond acceptors (Lipinski definition) is 2. The van der Waals surface area contributed by atoms with Crippen LogP contribution in [0.25, 0.3) is 0 Å². The molecule has 1 N–H and O–H groups in total. The Morgan fingerprint density at radius 2 is 1.72 bits per heavy atom. The maximum Gasteiger partial charge on any atom is 0.416 e. The summed E-state index contributed by atoms with van der Waals surface area (Å²) < 4.78 is 70.3. The predicted molar refractivity (Wildman–Crippen MR) is 81.5 cm³/mol. The molecule has 0 atom stereocenters. The van der Waals surface area contributed by atoms with Crippen LogP contribution in [0.5, 0.6) is 5.75 Å². The van der Waals surface area contributed by atoms with Crippen LogP contribution in [-0.4, -0.2) is 12.5 Å². The summed E-state index contributed by atoms with van der Waals surface area (Å²) >= 11 is 0. The molecule has 0 spiro atoms. The zero-order valence-electron chi connectivity index (χ0n) is 13.1. The topological polar surface area (TPSA) is 38.3 Å². The third kappa shape index (κ3) is 4.91. The van der Waals surface area contributed by atoms with Gasteiger partial charge in [0.25, 0.3) is 5.91 Å². The van der Waals surface area contributed by atoms with E-state index in [0.717, 1.165) is 24.3 Å². The van der Waals surface area contributed by atoms with Crippen molar-refractivity contribution in [1.29, 1.82) is 0 Å². The van der Waals surface area contributed by atoms with Crippen LogP contribution in [0.3, 0.4) is 0 Å². The first-order valence-corrected chi connectivity index (χ1v) is 7.32. The molecule has 0 heterocycles. The Hall–Kier alpha value is -2.64. The van der Waals surface area contributed by atoms with Gasteiger partial charge in [-0.25, -0.2) is 8.78 Å². The number of alkyl halides is 3. The molecule has 0 bridgehead atoms. The number of ether oxygens (including phenoxy) is 1. The first kappa shape index (κ1) is 18.7. The molecule has 0 unspecified atom stereocenters. The predicted octanol–water partition coefficient (Wildman–Crippen LogP) is 5.02. The van der Waals surface area contributed by atoms with Crippen LogP contribution >= 0.6 is 0 Å². The highest BCUT2D eigenvalue weighted by Gasteiger charge is 2.31. The lowest BCUT2D eigenvalue weighted by atomic mass is 10.1. The number of carbonyl (C=O) groups excluding carboxylic acids is 1. The van der Waals surface area contributed by atoms with Gasteiger partial charge >= 0.3 is 6.18 Å². The van der Waals surface area contributed by atoms with Gasteiger partial charge in [-0.1, -0.05) is 6.92 Å². The quantitative estimate of drug-likeness (QED) is 0.761. The van der Waals surface area contributed by atoms with Gasteiger partial charge in [0.05, 0.1) is 17.9 Å². The molecule has 25 heavy (non-hydrogen) atoms. The third-order valence-corrected chi connectivity index (χ3v) is 3.14. The summed E-state index contributed by atoms with van der Waals surface area (Å²) in [5, 5.41) is 2.21. The fraction of sp³-hybridized carbons (Fsp3) is 0.235. The minimum atomic E-state index is -4.62. The molecule has 0 aliphatic rings. The first-order valence-electron chi connectivity index (χ1n) is 7.32. The van der Waals surface area contributed by atoms with E-state index < -0.39 is 29.3 Å². The van der Waals surface area contributed by atoms with Crippen molar-refractivity contribution in [2.45, 2.75) is 19.5 Å². The zero-order valence-corrected chi connectivity index (χ0v) is 13.1. The second-order valence-corrected chi connectivity index (χ2v) is 5.17. The molecule has 0 aliphatic heterocycles. The van der Waals surface area contributed by atoms with Gasteiger partial charge < -0.3 is 10.1 Å². The van der Waals surface area contributed by atoms with Gasteiger partial charge in [0.1, 0.15) is 17.4 Å². The van der Waals surface area contributed by atoms with E-state index in [1.807, 2.05) is 0 Å². The van der Waals surface area contributed by atoms with Crippen LogP contribution in [0.15, 0.2) is 36.4 Å². The summed E-state index contributed by atoms with van der Waals surface area (Å²) in [6.07, 6.45) is -4.02. The maximum absolute atomic E-state index is 13.2. The molecule has 134 valence electrons. The van der Waals surface area contributed by atoms with Gasteiger partial charge in [-0.15, -0.1) is 0 Å². The smallest absolute Gasteiger partial charge is 0.416 e. The van der Waals surface area contributed by atoms with Crippen LogP contribution in [0, 0.1) is 11.6 Å². The van der Waals surface area contributed by atoms with Crippen molar-refractivity contribution in [1.82, 2.24) is 0 Å². The molecule has 1 amide bonds. The molecule has 2 aromatic carbocycles. The molecule has 0 radical (unpaired) electrons. The Balaban J connectivity index is 2.35. The average molecular weight is 359 g/mol. The zero-order chi connectivity index (χ0) is 18.6. The van der Waals surface area contributed by atoms with Crippen LogP contribution in [-0.2, 0) is 6.18 Å². The van der Waals surface area contributed by atoms with Crippen molar-refractivity contribution < 1.29 is 31.5 Å². The highest BCUT2D eigenvalue weighted by molar-refractivity contribution is 6.05. The van der Waals surface area contributed by atoms with Gasteiger partial charge in [0.2, 0.25) is 0 Å². The normalized spacial score (nSPS) is 11.3. The molecule has 0 saturated carbocycles. The largest absolute Gasteiger partial charge is 0.491 e. The Morgan fingerprint density at radius 3 is 2.28 bits per heavy atom. The Morgan fingerprint density at radius 1 is 1.08 bits per heavy atom. The van der Waals surface area contributed by atoms with Gasteiger partial charge in [0, 0.05) is 11.6 Å². The number of amides is 1. The van der Waals surface area contributed by atoms with Crippen molar-refractivity contribution >= 4 is 11.6 Å². The Kier molecular flexibility index (Phi) is 5.61. The molecular formula is C17H14F5NO2. The number of rotatable bonds is 5. The van der Waals surface area contributed by atoms with E-state index in [2.05, 4.69) is 5.32 Å². The van der Waals surface area contributed by atoms with E-state index in [9.17, 15) is 26.7 Å². The van der Waals surface area contributed by atoms with Crippen molar-refractivity contribution in [3.63, 3.8) is 0 Å². The summed E-state index contributed by atoms with van der Waals surface area (Å²) in [5.41, 5.74) is -1.59. The van der Waals surface area contributed by atoms with E-state index in [1.165, 1.54) is 0 Å². The molecule has 3 nitrogen and oxygen atoms in total. The van der Waals surface area contributed by atoms with Crippen LogP contribution < -0.4 is 10.1 Å². The van der Waals surface area contributed by atoms with Crippen molar-refractivity contribution in [2.75, 3.05) is 11.9 Å². The summed E-state index contributed by atoms with van der Waals surface area (Å²) in [6, 6.07) is 4.75. The fourth-order valence-electron chi connectivity index (χ4n) is 2.02. The Bertz CT molecular complexity index is 754.